The Kier molecular flexibility index (Phi) is 1.75. The number of hydrogen-bond donors (Lipinski definition) is 2. The third kappa shape index (κ3) is 1.07. The lowest BCUT2D eigenvalue weighted by Crippen LogP contribution is -2.29. The summed E-state index contributed by atoms with van der Waals surface area (Å²) in [4.78, 5) is 10.9. The van der Waals surface area contributed by atoms with E-state index in [1.165, 1.54) is 18.2 Å². The first kappa shape index (κ1) is 9.01. The molecule has 0 aromatic heterocycles. The van der Waals surface area contributed by atoms with E-state index in [0.717, 1.165) is 0 Å². The van der Waals surface area contributed by atoms with Crippen molar-refractivity contribution in [2.24, 2.45) is 0 Å². The Bertz CT molecular complexity index is 506. The fourth-order valence-electron chi connectivity index (χ4n) is 1.30. The molecule has 1 aromatic rings. The van der Waals surface area contributed by atoms with Crippen LogP contribution in [0.5, 0.6) is 5.75 Å². The largest absolute Gasteiger partial charge is 0.506 e. The fourth-order valence-corrected chi connectivity index (χ4v) is 2.51. The maximum absolute atomic E-state index is 11.5. The second kappa shape index (κ2) is 2.71. The van der Waals surface area contributed by atoms with Gasteiger partial charge in [-0.25, -0.2) is 8.42 Å². The molecule has 0 fully saturated rings. The van der Waals surface area contributed by atoms with E-state index >= 15 is 0 Å². The molecular weight excluding hydrogens is 206 g/mol. The number of carbonyl (C=O) groups excluding carboxylic acids is 1. The number of carbonyl (C=O) groups is 1. The Morgan fingerprint density at radius 3 is 2.79 bits per heavy atom. The van der Waals surface area contributed by atoms with Crippen molar-refractivity contribution in [2.45, 2.75) is 4.90 Å². The van der Waals surface area contributed by atoms with Gasteiger partial charge in [0.15, 0.2) is 0 Å². The van der Waals surface area contributed by atoms with Crippen molar-refractivity contribution in [1.82, 2.24) is 0 Å². The number of phenols is 1. The number of nitrogens with one attached hydrogen (secondary N) is 1. The van der Waals surface area contributed by atoms with Crippen molar-refractivity contribution >= 4 is 20.6 Å². The molecule has 1 heterocycles. The fraction of sp³-hybridized carbons (Fsp3) is 0.125. The van der Waals surface area contributed by atoms with Gasteiger partial charge in [0.25, 0.3) is 5.12 Å². The third-order valence-electron chi connectivity index (χ3n) is 2.00. The lowest BCUT2D eigenvalue weighted by molar-refractivity contribution is -0.110. The SMILES string of the molecule is O=C1CNc2c(O)cccc2S1(=O)=O. The molecule has 0 radical (unpaired) electrons. The number of aromatic hydroxyl groups is 1. The normalized spacial score (nSPS) is 18.4. The molecule has 2 rings (SSSR count). The van der Waals surface area contributed by atoms with Gasteiger partial charge in [-0.2, -0.15) is 0 Å². The van der Waals surface area contributed by atoms with Gasteiger partial charge in [0.05, 0.1) is 12.2 Å². The second-order valence-electron chi connectivity index (χ2n) is 2.88. The maximum atomic E-state index is 11.5. The Morgan fingerprint density at radius 1 is 1.36 bits per heavy atom. The van der Waals surface area contributed by atoms with Crippen molar-refractivity contribution in [3.05, 3.63) is 18.2 Å². The van der Waals surface area contributed by atoms with E-state index < -0.39 is 15.0 Å². The molecule has 74 valence electrons. The molecule has 14 heavy (non-hydrogen) atoms. The first-order valence-electron chi connectivity index (χ1n) is 3.87. The van der Waals surface area contributed by atoms with Gasteiger partial charge in [-0.1, -0.05) is 6.07 Å². The van der Waals surface area contributed by atoms with Gasteiger partial charge in [0, 0.05) is 0 Å². The molecule has 0 bridgehead atoms. The topological polar surface area (TPSA) is 83.5 Å². The number of para-hydroxylation sites is 1. The zero-order valence-corrected chi connectivity index (χ0v) is 7.84. The van der Waals surface area contributed by atoms with Crippen molar-refractivity contribution < 1.29 is 18.3 Å². The van der Waals surface area contributed by atoms with Crippen molar-refractivity contribution in [3.8, 4) is 5.75 Å². The van der Waals surface area contributed by atoms with Crippen LogP contribution < -0.4 is 5.32 Å². The minimum Gasteiger partial charge on any atom is -0.506 e. The van der Waals surface area contributed by atoms with E-state index in [9.17, 15) is 18.3 Å². The van der Waals surface area contributed by atoms with Crippen LogP contribution in [0.4, 0.5) is 5.69 Å². The van der Waals surface area contributed by atoms with Gasteiger partial charge in [0.2, 0.25) is 9.84 Å². The summed E-state index contributed by atoms with van der Waals surface area (Å²) in [7, 11) is -3.90. The Morgan fingerprint density at radius 2 is 2.07 bits per heavy atom. The Labute approximate surface area is 80.3 Å². The van der Waals surface area contributed by atoms with Gasteiger partial charge in [-0.05, 0) is 12.1 Å². The van der Waals surface area contributed by atoms with Gasteiger partial charge in [-0.15, -0.1) is 0 Å². The average molecular weight is 213 g/mol. The minimum absolute atomic E-state index is 0.104. The number of benzene rings is 1. The van der Waals surface area contributed by atoms with E-state index in [4.69, 9.17) is 0 Å². The molecule has 0 saturated heterocycles. The summed E-state index contributed by atoms with van der Waals surface area (Å²) in [6, 6.07) is 4.03. The average Bonchev–Trinajstić information content (AvgIpc) is 2.13. The van der Waals surface area contributed by atoms with Gasteiger partial charge in [-0.3, -0.25) is 4.79 Å². The monoisotopic (exact) mass is 213 g/mol. The van der Waals surface area contributed by atoms with Gasteiger partial charge >= 0.3 is 0 Å². The van der Waals surface area contributed by atoms with E-state index in [1.807, 2.05) is 0 Å². The van der Waals surface area contributed by atoms with E-state index in [-0.39, 0.29) is 22.9 Å². The summed E-state index contributed by atoms with van der Waals surface area (Å²) >= 11 is 0. The molecule has 1 aliphatic rings. The first-order chi connectivity index (χ1) is 6.53. The molecule has 0 spiro atoms. The lowest BCUT2D eigenvalue weighted by Gasteiger charge is -2.17. The van der Waals surface area contributed by atoms with Crippen LogP contribution in [0.25, 0.3) is 0 Å². The highest BCUT2D eigenvalue weighted by molar-refractivity contribution is 8.06. The predicted octanol–water partition coefficient (Wildman–Crippen LogP) is 0.118. The maximum Gasteiger partial charge on any atom is 0.270 e. The van der Waals surface area contributed by atoms with Crippen LogP contribution >= 0.6 is 0 Å². The third-order valence-corrected chi connectivity index (χ3v) is 3.67. The van der Waals surface area contributed by atoms with Crippen LogP contribution in [0.15, 0.2) is 23.1 Å². The summed E-state index contributed by atoms with van der Waals surface area (Å²) in [6.45, 7) is -0.299. The minimum atomic E-state index is -3.90. The highest BCUT2D eigenvalue weighted by atomic mass is 32.2. The highest BCUT2D eigenvalue weighted by Crippen LogP contribution is 2.33. The molecule has 0 unspecified atom stereocenters. The van der Waals surface area contributed by atoms with Crippen molar-refractivity contribution in [1.29, 1.82) is 0 Å². The molecule has 5 nitrogen and oxygen atoms in total. The lowest BCUT2D eigenvalue weighted by atomic mass is 10.3. The number of rotatable bonds is 0. The summed E-state index contributed by atoms with van der Waals surface area (Å²) in [5, 5.41) is 11.0. The van der Waals surface area contributed by atoms with E-state index in [2.05, 4.69) is 5.32 Å². The second-order valence-corrected chi connectivity index (χ2v) is 4.78. The number of fused-ring (bicyclic) bond motifs is 1. The van der Waals surface area contributed by atoms with Crippen molar-refractivity contribution in [2.75, 3.05) is 11.9 Å². The van der Waals surface area contributed by atoms with Gasteiger partial charge in [0.1, 0.15) is 10.6 Å². The van der Waals surface area contributed by atoms with E-state index in [1.54, 1.807) is 0 Å². The number of sulfone groups is 1. The Hall–Kier alpha value is -1.56. The highest BCUT2D eigenvalue weighted by Gasteiger charge is 2.32. The zero-order valence-electron chi connectivity index (χ0n) is 7.02. The summed E-state index contributed by atoms with van der Waals surface area (Å²) in [5.41, 5.74) is 0.104. The summed E-state index contributed by atoms with van der Waals surface area (Å²) < 4.78 is 22.9. The smallest absolute Gasteiger partial charge is 0.270 e. The molecule has 2 N–H and O–H groups in total. The molecule has 0 saturated carbocycles. The quantitative estimate of drug-likeness (QED) is 0.598. The number of phenolic OH excluding ortho intramolecular Hbond substituents is 1. The van der Waals surface area contributed by atoms with Crippen molar-refractivity contribution in [3.63, 3.8) is 0 Å². The first-order valence-corrected chi connectivity index (χ1v) is 5.35. The Balaban J connectivity index is 2.78. The molecule has 1 aromatic carbocycles. The summed E-state index contributed by atoms with van der Waals surface area (Å²) in [6.07, 6.45) is 0. The summed E-state index contributed by atoms with van der Waals surface area (Å²) in [5.74, 6) is -0.168. The standard InChI is InChI=1S/C8H7NO4S/c10-5-2-1-3-6-8(5)9-4-7(11)14(6,12)13/h1-3,9-10H,4H2. The molecule has 1 aliphatic heterocycles. The predicted molar refractivity (Wildman–Crippen MR) is 48.8 cm³/mol. The van der Waals surface area contributed by atoms with E-state index in [0.29, 0.717) is 0 Å². The van der Waals surface area contributed by atoms with Crippen LogP contribution in [0, 0.1) is 0 Å². The number of anilines is 1. The zero-order chi connectivity index (χ0) is 10.3. The van der Waals surface area contributed by atoms with Gasteiger partial charge < -0.3 is 10.4 Å². The molecule has 6 heteroatoms. The molecule has 0 atom stereocenters. The van der Waals surface area contributed by atoms with Crippen LogP contribution in [-0.2, 0) is 14.6 Å². The van der Waals surface area contributed by atoms with Crippen LogP contribution in [0.1, 0.15) is 0 Å². The van der Waals surface area contributed by atoms with Crippen LogP contribution in [0.2, 0.25) is 0 Å². The molecular formula is C8H7NO4S. The van der Waals surface area contributed by atoms with Crippen LogP contribution in [-0.4, -0.2) is 25.2 Å². The molecule has 0 amide bonds. The van der Waals surface area contributed by atoms with Crippen LogP contribution in [0.3, 0.4) is 0 Å². The number of hydrogen-bond acceptors (Lipinski definition) is 5. The molecule has 0 aliphatic carbocycles.